The van der Waals surface area contributed by atoms with Gasteiger partial charge in [0.05, 0.1) is 27.8 Å². The second kappa shape index (κ2) is 16.2. The van der Waals surface area contributed by atoms with Crippen molar-refractivity contribution in [3.05, 3.63) is 0 Å². The molecule has 2 atom stereocenters. The molecular weight excluding hydrogens is 458 g/mol. The van der Waals surface area contributed by atoms with Crippen molar-refractivity contribution in [1.29, 1.82) is 0 Å². The van der Waals surface area contributed by atoms with Gasteiger partial charge in [-0.2, -0.15) is 11.8 Å². The predicted octanol–water partition coefficient (Wildman–Crippen LogP) is -0.673. The first-order valence-corrected chi connectivity index (χ1v) is 10.5. The van der Waals surface area contributed by atoms with Crippen LogP contribution in [-0.2, 0) is 38.2 Å². The van der Waals surface area contributed by atoms with Gasteiger partial charge in [0, 0.05) is 17.9 Å². The Morgan fingerprint density at radius 3 is 2.06 bits per heavy atom. The fraction of sp³-hybridized carbons (Fsp3) is 0.647. The molecule has 0 aromatic rings. The van der Waals surface area contributed by atoms with Crippen molar-refractivity contribution in [2.45, 2.75) is 31.3 Å². The van der Waals surface area contributed by atoms with E-state index in [0.29, 0.717) is 5.75 Å². The predicted molar refractivity (Wildman–Crippen MR) is 110 cm³/mol. The molecule has 0 rings (SSSR count). The average molecular weight is 484 g/mol. The Labute approximate surface area is 188 Å². The van der Waals surface area contributed by atoms with Gasteiger partial charge in [-0.15, -0.1) is 0 Å². The number of rotatable bonds is 14. The molecule has 0 heterocycles. The molecule has 31 heavy (non-hydrogen) atoms. The van der Waals surface area contributed by atoms with Crippen LogP contribution in [0, 0.1) is 0 Å². The van der Waals surface area contributed by atoms with Crippen LogP contribution < -0.4 is 16.0 Å². The van der Waals surface area contributed by atoms with E-state index in [0.717, 1.165) is 14.2 Å². The lowest BCUT2D eigenvalue weighted by atomic mass is 10.1. The highest BCUT2D eigenvalue weighted by Crippen LogP contribution is 2.08. The molecule has 0 unspecified atom stereocenters. The van der Waals surface area contributed by atoms with Crippen molar-refractivity contribution in [2.75, 3.05) is 39.4 Å². The monoisotopic (exact) mass is 483 g/mol. The maximum atomic E-state index is 12.3. The number of amides is 3. The summed E-state index contributed by atoms with van der Waals surface area (Å²) in [6.45, 7) is -0.388. The van der Waals surface area contributed by atoms with E-state index in [1.165, 1.54) is 18.9 Å². The van der Waals surface area contributed by atoms with Crippen LogP contribution in [0.25, 0.3) is 0 Å². The maximum absolute atomic E-state index is 12.3. The van der Waals surface area contributed by atoms with E-state index < -0.39 is 47.2 Å². The van der Waals surface area contributed by atoms with Gasteiger partial charge in [-0.25, -0.2) is 4.79 Å². The van der Waals surface area contributed by atoms with Gasteiger partial charge in [0.1, 0.15) is 18.6 Å². The third kappa shape index (κ3) is 13.4. The summed E-state index contributed by atoms with van der Waals surface area (Å²) >= 11 is 6.42. The van der Waals surface area contributed by atoms with Crippen molar-refractivity contribution >= 4 is 58.5 Å². The number of carbonyl (C=O) groups is 6. The van der Waals surface area contributed by atoms with Crippen LogP contribution >= 0.6 is 23.4 Å². The average Bonchev–Trinajstić information content (AvgIpc) is 2.75. The molecule has 0 radical (unpaired) electrons. The normalized spacial score (nSPS) is 12.0. The molecule has 3 N–H and O–H groups in total. The van der Waals surface area contributed by atoms with Gasteiger partial charge in [0.25, 0.3) is 0 Å². The number of halogens is 1. The Kier molecular flexibility index (Phi) is 14.9. The van der Waals surface area contributed by atoms with E-state index in [1.807, 2.05) is 0 Å². The molecule has 0 aromatic carbocycles. The lowest BCUT2D eigenvalue weighted by molar-refractivity contribution is -0.143. The standard InChI is InChI=1S/C17H26ClN3O9S/c1-28-13(23)6-7-31-9-11(15(25)19-8-14(24)29-2)20-12(22)5-4-10(16(26)30-3)21-17(18)27/h10-11H,4-9H2,1-3H3,(H,19,25)(H,20,22)(H,21,27)/t10-,11-/m1/s1. The number of thioether (sulfide) groups is 1. The van der Waals surface area contributed by atoms with Crippen LogP contribution in [0.3, 0.4) is 0 Å². The molecule has 0 aliphatic carbocycles. The van der Waals surface area contributed by atoms with E-state index in [9.17, 15) is 28.8 Å². The molecule has 0 fully saturated rings. The quantitative estimate of drug-likeness (QED) is 0.0947. The van der Waals surface area contributed by atoms with Gasteiger partial charge in [-0.1, -0.05) is 0 Å². The molecule has 12 nitrogen and oxygen atoms in total. The van der Waals surface area contributed by atoms with Crippen LogP contribution in [0.1, 0.15) is 19.3 Å². The lowest BCUT2D eigenvalue weighted by Crippen LogP contribution is -2.50. The van der Waals surface area contributed by atoms with Crippen molar-refractivity contribution in [3.8, 4) is 0 Å². The first-order chi connectivity index (χ1) is 14.6. The second-order valence-electron chi connectivity index (χ2n) is 5.85. The van der Waals surface area contributed by atoms with E-state index in [2.05, 4.69) is 30.2 Å². The second-order valence-corrected chi connectivity index (χ2v) is 7.34. The van der Waals surface area contributed by atoms with Crippen molar-refractivity contribution in [1.82, 2.24) is 16.0 Å². The molecule has 0 saturated carbocycles. The number of hydrogen-bond acceptors (Lipinski definition) is 10. The van der Waals surface area contributed by atoms with Crippen LogP contribution in [0.4, 0.5) is 4.79 Å². The van der Waals surface area contributed by atoms with Gasteiger partial charge < -0.3 is 30.2 Å². The zero-order valence-corrected chi connectivity index (χ0v) is 18.9. The Bertz CT molecular complexity index is 663. The van der Waals surface area contributed by atoms with Crippen LogP contribution in [0.5, 0.6) is 0 Å². The minimum atomic E-state index is -1.14. The number of nitrogens with one attached hydrogen (secondary N) is 3. The molecule has 3 amide bonds. The van der Waals surface area contributed by atoms with Crippen molar-refractivity contribution < 1.29 is 43.0 Å². The minimum Gasteiger partial charge on any atom is -0.469 e. The Balaban J connectivity index is 4.88. The summed E-state index contributed by atoms with van der Waals surface area (Å²) in [4.78, 5) is 69.6. The first-order valence-electron chi connectivity index (χ1n) is 8.96. The molecule has 0 aliphatic rings. The first kappa shape index (κ1) is 28.5. The van der Waals surface area contributed by atoms with Crippen molar-refractivity contribution in [3.63, 3.8) is 0 Å². The smallest absolute Gasteiger partial charge is 0.328 e. The number of methoxy groups -OCH3 is 3. The molecule has 14 heteroatoms. The highest BCUT2D eigenvalue weighted by molar-refractivity contribution is 7.99. The summed E-state index contributed by atoms with van der Waals surface area (Å²) in [5, 5.41) is 5.99. The maximum Gasteiger partial charge on any atom is 0.328 e. The fourth-order valence-corrected chi connectivity index (χ4v) is 3.15. The Hall–Kier alpha value is -2.54. The molecule has 0 bridgehead atoms. The Morgan fingerprint density at radius 1 is 0.871 bits per heavy atom. The van der Waals surface area contributed by atoms with Crippen LogP contribution in [0.2, 0.25) is 0 Å². The van der Waals surface area contributed by atoms with E-state index in [-0.39, 0.29) is 31.6 Å². The van der Waals surface area contributed by atoms with Gasteiger partial charge >= 0.3 is 23.3 Å². The van der Waals surface area contributed by atoms with E-state index in [4.69, 9.17) is 11.6 Å². The highest BCUT2D eigenvalue weighted by Gasteiger charge is 2.25. The third-order valence-corrected chi connectivity index (χ3v) is 4.85. The molecular formula is C17H26ClN3O9S. The minimum absolute atomic E-state index is 0.106. The highest BCUT2D eigenvalue weighted by atomic mass is 35.5. The summed E-state index contributed by atoms with van der Waals surface area (Å²) < 4.78 is 13.5. The van der Waals surface area contributed by atoms with Crippen LogP contribution in [-0.4, -0.2) is 86.6 Å². The third-order valence-electron chi connectivity index (χ3n) is 3.68. The largest absolute Gasteiger partial charge is 0.469 e. The summed E-state index contributed by atoms with van der Waals surface area (Å²) in [7, 11) is 3.53. The zero-order valence-electron chi connectivity index (χ0n) is 17.4. The molecule has 0 spiro atoms. The number of hydrogen-bond donors (Lipinski definition) is 3. The zero-order chi connectivity index (χ0) is 23.8. The lowest BCUT2D eigenvalue weighted by Gasteiger charge is -2.19. The van der Waals surface area contributed by atoms with E-state index >= 15 is 0 Å². The van der Waals surface area contributed by atoms with Gasteiger partial charge in [-0.3, -0.25) is 24.0 Å². The molecule has 176 valence electrons. The van der Waals surface area contributed by atoms with Crippen molar-refractivity contribution in [2.24, 2.45) is 0 Å². The van der Waals surface area contributed by atoms with Gasteiger partial charge in [-0.05, 0) is 18.0 Å². The molecule has 0 saturated heterocycles. The van der Waals surface area contributed by atoms with E-state index in [1.54, 1.807) is 0 Å². The number of esters is 3. The Morgan fingerprint density at radius 2 is 1.52 bits per heavy atom. The SMILES string of the molecule is COC(=O)CCSC[C@@H](NC(=O)CC[C@@H](NC(=O)Cl)C(=O)OC)C(=O)NCC(=O)OC. The molecule has 0 aliphatic heterocycles. The summed E-state index contributed by atoms with van der Waals surface area (Å²) in [5.41, 5.74) is 0. The number of ether oxygens (including phenoxy) is 3. The fourth-order valence-electron chi connectivity index (χ4n) is 2.07. The summed E-state index contributed by atoms with van der Waals surface area (Å²) in [6, 6.07) is -2.17. The summed E-state index contributed by atoms with van der Waals surface area (Å²) in [6.07, 6.45) is -0.238. The summed E-state index contributed by atoms with van der Waals surface area (Å²) in [5.74, 6) is -2.66. The van der Waals surface area contributed by atoms with Gasteiger partial charge in [0.2, 0.25) is 11.8 Å². The number of carbonyl (C=O) groups excluding carboxylic acids is 6. The van der Waals surface area contributed by atoms with Crippen LogP contribution in [0.15, 0.2) is 0 Å². The molecule has 0 aromatic heterocycles. The van der Waals surface area contributed by atoms with Gasteiger partial charge in [0.15, 0.2) is 0 Å². The topological polar surface area (TPSA) is 166 Å².